The number of barbiturate groups is 1. The van der Waals surface area contributed by atoms with Crippen LogP contribution in [-0.2, 0) is 9.59 Å². The molecule has 4 rings (SSSR count). The zero-order valence-corrected chi connectivity index (χ0v) is 17.8. The largest absolute Gasteiger partial charge is 0.335 e. The van der Waals surface area contributed by atoms with Gasteiger partial charge in [0.2, 0.25) is 0 Å². The van der Waals surface area contributed by atoms with Crippen LogP contribution in [-0.4, -0.2) is 27.4 Å². The number of para-hydroxylation sites is 1. The molecule has 1 aliphatic rings. The lowest BCUT2D eigenvalue weighted by Crippen LogP contribution is -2.54. The normalized spacial score (nSPS) is 15.5. The molecule has 0 radical (unpaired) electrons. The van der Waals surface area contributed by atoms with E-state index in [0.717, 1.165) is 38.7 Å². The second-order valence-corrected chi connectivity index (χ2v) is 7.57. The van der Waals surface area contributed by atoms with Crippen molar-refractivity contribution in [3.8, 4) is 5.69 Å². The van der Waals surface area contributed by atoms with Crippen LogP contribution in [0.25, 0.3) is 11.8 Å². The third kappa shape index (κ3) is 3.44. The van der Waals surface area contributed by atoms with Crippen LogP contribution >= 0.6 is 0 Å². The number of aryl methyl sites for hydroxylation is 3. The van der Waals surface area contributed by atoms with E-state index in [9.17, 15) is 14.4 Å². The lowest BCUT2D eigenvalue weighted by Gasteiger charge is -2.26. The molecule has 7 heteroatoms. The molecule has 3 aromatic rings. The Kier molecular flexibility index (Phi) is 5.02. The molecule has 1 aliphatic heterocycles. The number of carbonyl (C=O) groups excluding carboxylic acids is 3. The van der Waals surface area contributed by atoms with Crippen LogP contribution in [0.1, 0.15) is 28.1 Å². The van der Waals surface area contributed by atoms with Crippen LogP contribution in [0.4, 0.5) is 10.5 Å². The molecule has 0 atom stereocenters. The third-order valence-corrected chi connectivity index (χ3v) is 5.46. The van der Waals surface area contributed by atoms with Gasteiger partial charge in [0.05, 0.1) is 11.4 Å². The van der Waals surface area contributed by atoms with E-state index < -0.39 is 17.8 Å². The molecule has 156 valence electrons. The standard InChI is InChI=1S/C24H22N4O3/c1-14-6-5-7-15(2)21(14)27-16(3)12-18(17(27)4)13-20-22(29)26-24(31)28(23(20)30)19-8-10-25-11-9-19/h5-13H,1-4H3,(H,26,29,31)/b20-13+. The van der Waals surface area contributed by atoms with Crippen molar-refractivity contribution in [3.05, 3.63) is 82.4 Å². The quantitative estimate of drug-likeness (QED) is 0.522. The summed E-state index contributed by atoms with van der Waals surface area (Å²) in [6.45, 7) is 8.03. The molecule has 1 aromatic carbocycles. The number of hydrogen-bond acceptors (Lipinski definition) is 4. The van der Waals surface area contributed by atoms with Crippen molar-refractivity contribution in [1.29, 1.82) is 0 Å². The number of benzene rings is 1. The first-order chi connectivity index (χ1) is 14.8. The Hall–Kier alpha value is -4.00. The molecule has 1 saturated heterocycles. The number of pyridine rings is 1. The highest BCUT2D eigenvalue weighted by Crippen LogP contribution is 2.28. The van der Waals surface area contributed by atoms with Crippen LogP contribution in [0, 0.1) is 27.7 Å². The zero-order chi connectivity index (χ0) is 22.3. The summed E-state index contributed by atoms with van der Waals surface area (Å²) >= 11 is 0. The number of amides is 4. The third-order valence-electron chi connectivity index (χ3n) is 5.46. The number of anilines is 1. The molecule has 31 heavy (non-hydrogen) atoms. The minimum Gasteiger partial charge on any atom is -0.317 e. The van der Waals surface area contributed by atoms with Gasteiger partial charge in [0, 0.05) is 23.8 Å². The van der Waals surface area contributed by atoms with Gasteiger partial charge in [-0.05, 0) is 68.7 Å². The number of nitrogens with one attached hydrogen (secondary N) is 1. The van der Waals surface area contributed by atoms with Gasteiger partial charge in [-0.25, -0.2) is 9.69 Å². The maximum atomic E-state index is 13.1. The fourth-order valence-corrected chi connectivity index (χ4v) is 3.98. The van der Waals surface area contributed by atoms with E-state index in [1.807, 2.05) is 26.0 Å². The average molecular weight is 414 g/mol. The Morgan fingerprint density at radius 3 is 2.23 bits per heavy atom. The SMILES string of the molecule is Cc1cccc(C)c1-n1c(C)cc(/C=C2\C(=O)NC(=O)N(c3ccncc3)C2=O)c1C. The number of aromatic nitrogens is 2. The van der Waals surface area contributed by atoms with Gasteiger partial charge < -0.3 is 4.57 Å². The van der Waals surface area contributed by atoms with Gasteiger partial charge >= 0.3 is 6.03 Å². The highest BCUT2D eigenvalue weighted by molar-refractivity contribution is 6.39. The fourth-order valence-electron chi connectivity index (χ4n) is 3.98. The van der Waals surface area contributed by atoms with Crippen molar-refractivity contribution in [2.45, 2.75) is 27.7 Å². The molecule has 0 aliphatic carbocycles. The van der Waals surface area contributed by atoms with Crippen LogP contribution in [0.2, 0.25) is 0 Å². The van der Waals surface area contributed by atoms with Crippen molar-refractivity contribution in [3.63, 3.8) is 0 Å². The van der Waals surface area contributed by atoms with Gasteiger partial charge in [0.25, 0.3) is 11.8 Å². The van der Waals surface area contributed by atoms with E-state index in [1.54, 1.807) is 6.08 Å². The van der Waals surface area contributed by atoms with Gasteiger partial charge in [-0.15, -0.1) is 0 Å². The first kappa shape index (κ1) is 20.3. The molecule has 0 bridgehead atoms. The van der Waals surface area contributed by atoms with Crippen LogP contribution < -0.4 is 10.2 Å². The number of imide groups is 2. The Morgan fingerprint density at radius 2 is 1.58 bits per heavy atom. The zero-order valence-electron chi connectivity index (χ0n) is 17.8. The number of rotatable bonds is 3. The van der Waals surface area contributed by atoms with Gasteiger partial charge in [0.15, 0.2) is 0 Å². The van der Waals surface area contributed by atoms with Crippen LogP contribution in [0.3, 0.4) is 0 Å². The molecular formula is C24H22N4O3. The number of urea groups is 1. The summed E-state index contributed by atoms with van der Waals surface area (Å²) < 4.78 is 2.12. The Bertz CT molecular complexity index is 1240. The van der Waals surface area contributed by atoms with Gasteiger partial charge in [-0.1, -0.05) is 18.2 Å². The summed E-state index contributed by atoms with van der Waals surface area (Å²) in [6.07, 6.45) is 4.51. The van der Waals surface area contributed by atoms with Crippen LogP contribution in [0.15, 0.2) is 54.4 Å². The predicted octanol–water partition coefficient (Wildman–Crippen LogP) is 3.77. The predicted molar refractivity (Wildman–Crippen MR) is 118 cm³/mol. The summed E-state index contributed by atoms with van der Waals surface area (Å²) in [5, 5.41) is 2.25. The molecule has 7 nitrogen and oxygen atoms in total. The smallest absolute Gasteiger partial charge is 0.317 e. The molecule has 0 unspecified atom stereocenters. The molecule has 1 fully saturated rings. The average Bonchev–Trinajstić information content (AvgIpc) is 2.99. The van der Waals surface area contributed by atoms with Crippen molar-refractivity contribution in [2.75, 3.05) is 4.90 Å². The molecule has 3 heterocycles. The maximum Gasteiger partial charge on any atom is 0.335 e. The van der Waals surface area contributed by atoms with E-state index in [2.05, 4.69) is 40.8 Å². The molecule has 2 aromatic heterocycles. The van der Waals surface area contributed by atoms with Gasteiger partial charge in [-0.3, -0.25) is 19.9 Å². The first-order valence-electron chi connectivity index (χ1n) is 9.86. The van der Waals surface area contributed by atoms with Crippen molar-refractivity contribution in [1.82, 2.24) is 14.9 Å². The molecule has 0 saturated carbocycles. The summed E-state index contributed by atoms with van der Waals surface area (Å²) in [7, 11) is 0. The molecule has 0 spiro atoms. The minimum atomic E-state index is -0.778. The summed E-state index contributed by atoms with van der Waals surface area (Å²) in [5.74, 6) is -1.38. The lowest BCUT2D eigenvalue weighted by atomic mass is 10.1. The highest BCUT2D eigenvalue weighted by Gasteiger charge is 2.37. The Morgan fingerprint density at radius 1 is 0.935 bits per heavy atom. The highest BCUT2D eigenvalue weighted by atomic mass is 16.2. The van der Waals surface area contributed by atoms with Crippen molar-refractivity contribution >= 4 is 29.6 Å². The summed E-state index contributed by atoms with van der Waals surface area (Å²) in [5.41, 5.74) is 6.19. The second-order valence-electron chi connectivity index (χ2n) is 7.57. The Balaban J connectivity index is 1.81. The molecule has 4 amide bonds. The first-order valence-corrected chi connectivity index (χ1v) is 9.86. The van der Waals surface area contributed by atoms with E-state index >= 15 is 0 Å². The summed E-state index contributed by atoms with van der Waals surface area (Å²) in [4.78, 5) is 42.8. The fraction of sp³-hybridized carbons (Fsp3) is 0.167. The minimum absolute atomic E-state index is 0.0989. The Labute approximate surface area is 180 Å². The molecular weight excluding hydrogens is 392 g/mol. The van der Waals surface area contributed by atoms with Crippen molar-refractivity contribution in [2.24, 2.45) is 0 Å². The van der Waals surface area contributed by atoms with Gasteiger partial charge in [0.1, 0.15) is 5.57 Å². The summed E-state index contributed by atoms with van der Waals surface area (Å²) in [6, 6.07) is 10.4. The number of nitrogens with zero attached hydrogens (tertiary/aromatic N) is 3. The van der Waals surface area contributed by atoms with Crippen LogP contribution in [0.5, 0.6) is 0 Å². The van der Waals surface area contributed by atoms with E-state index in [4.69, 9.17) is 0 Å². The number of carbonyl (C=O) groups is 3. The van der Waals surface area contributed by atoms with E-state index in [1.165, 1.54) is 24.5 Å². The molecule has 1 N–H and O–H groups in total. The topological polar surface area (TPSA) is 84.3 Å². The monoisotopic (exact) mass is 414 g/mol. The second kappa shape index (κ2) is 7.68. The van der Waals surface area contributed by atoms with E-state index in [0.29, 0.717) is 5.69 Å². The van der Waals surface area contributed by atoms with Crippen molar-refractivity contribution < 1.29 is 14.4 Å². The number of hydrogen-bond donors (Lipinski definition) is 1. The lowest BCUT2D eigenvalue weighted by molar-refractivity contribution is -0.122. The van der Waals surface area contributed by atoms with E-state index in [-0.39, 0.29) is 5.57 Å². The van der Waals surface area contributed by atoms with Gasteiger partial charge in [-0.2, -0.15) is 0 Å². The maximum absolute atomic E-state index is 13.1.